The Balaban J connectivity index is 2.17. The van der Waals surface area contributed by atoms with Gasteiger partial charge in [-0.1, -0.05) is 20.8 Å². The van der Waals surface area contributed by atoms with E-state index in [-0.39, 0.29) is 11.8 Å². The molecule has 2 amide bonds. The van der Waals surface area contributed by atoms with E-state index in [0.29, 0.717) is 30.3 Å². The number of aromatic nitrogens is 1. The molecule has 108 valence electrons. The highest BCUT2D eigenvalue weighted by Crippen LogP contribution is 2.23. The van der Waals surface area contributed by atoms with E-state index in [9.17, 15) is 9.59 Å². The molecule has 1 aliphatic rings. The first-order chi connectivity index (χ1) is 9.51. The number of carbonyl (C=O) groups excluding carboxylic acids is 2. The third-order valence-corrected chi connectivity index (χ3v) is 3.46. The second kappa shape index (κ2) is 6.03. The van der Waals surface area contributed by atoms with Gasteiger partial charge in [-0.25, -0.2) is 9.78 Å². The van der Waals surface area contributed by atoms with Crippen molar-refractivity contribution in [1.82, 2.24) is 9.88 Å². The Morgan fingerprint density at radius 3 is 2.90 bits per heavy atom. The van der Waals surface area contributed by atoms with E-state index < -0.39 is 0 Å². The number of hydrogen-bond donors (Lipinski definition) is 1. The average molecular weight is 275 g/mol. The van der Waals surface area contributed by atoms with Gasteiger partial charge in [0.1, 0.15) is 5.82 Å². The van der Waals surface area contributed by atoms with Crippen molar-refractivity contribution < 1.29 is 9.59 Å². The zero-order valence-corrected chi connectivity index (χ0v) is 12.3. The molecule has 0 saturated carbocycles. The summed E-state index contributed by atoms with van der Waals surface area (Å²) in [5.41, 5.74) is 1.53. The van der Waals surface area contributed by atoms with Crippen molar-refractivity contribution in [3.63, 3.8) is 0 Å². The third-order valence-electron chi connectivity index (χ3n) is 3.46. The summed E-state index contributed by atoms with van der Waals surface area (Å²) in [7, 11) is 0. The third kappa shape index (κ3) is 3.15. The van der Waals surface area contributed by atoms with Crippen molar-refractivity contribution >= 4 is 17.6 Å². The summed E-state index contributed by atoms with van der Waals surface area (Å²) < 4.78 is 0. The van der Waals surface area contributed by atoms with Gasteiger partial charge in [-0.15, -0.1) is 0 Å². The summed E-state index contributed by atoms with van der Waals surface area (Å²) in [6.07, 6.45) is 2.96. The molecule has 5 heteroatoms. The molecular formula is C15H21N3O2. The van der Waals surface area contributed by atoms with E-state index in [1.165, 1.54) is 6.20 Å². The van der Waals surface area contributed by atoms with E-state index in [1.54, 1.807) is 4.90 Å². The molecule has 20 heavy (non-hydrogen) atoms. The first-order valence-electron chi connectivity index (χ1n) is 7.09. The molecule has 2 rings (SSSR count). The maximum absolute atomic E-state index is 12.0. The summed E-state index contributed by atoms with van der Waals surface area (Å²) >= 11 is 0. The zero-order chi connectivity index (χ0) is 14.7. The highest BCUT2D eigenvalue weighted by molar-refractivity contribution is 5.97. The second-order valence-corrected chi connectivity index (χ2v) is 5.54. The van der Waals surface area contributed by atoms with Crippen molar-refractivity contribution in [2.45, 2.75) is 40.2 Å². The molecule has 1 aromatic heterocycles. The minimum Gasteiger partial charge on any atom is -0.320 e. The van der Waals surface area contributed by atoms with Crippen LogP contribution in [0.2, 0.25) is 0 Å². The molecule has 0 spiro atoms. The van der Waals surface area contributed by atoms with Crippen molar-refractivity contribution in [2.75, 3.05) is 11.9 Å². The molecule has 0 bridgehead atoms. The number of Topliss-reactive ketones (excluding diaryl/α,β-unsaturated/α-hetero) is 1. The second-order valence-electron chi connectivity index (χ2n) is 5.54. The Morgan fingerprint density at radius 1 is 1.50 bits per heavy atom. The number of carbonyl (C=O) groups is 2. The number of fused-ring (bicyclic) bond motifs is 1. The summed E-state index contributed by atoms with van der Waals surface area (Å²) in [6.45, 7) is 7.34. The number of rotatable bonds is 5. The van der Waals surface area contributed by atoms with Crippen LogP contribution in [0.25, 0.3) is 0 Å². The lowest BCUT2D eigenvalue weighted by molar-refractivity contribution is 0.0987. The largest absolute Gasteiger partial charge is 0.323 e. The number of nitrogens with one attached hydrogen (secondary N) is 1. The molecule has 0 radical (unpaired) electrons. The maximum atomic E-state index is 12.0. The lowest BCUT2D eigenvalue weighted by atomic mass is 10.1. The van der Waals surface area contributed by atoms with Crippen LogP contribution in [0.3, 0.4) is 0 Å². The number of nitrogens with zero attached hydrogens (tertiary/aromatic N) is 2. The Kier molecular flexibility index (Phi) is 4.37. The van der Waals surface area contributed by atoms with Crippen LogP contribution >= 0.6 is 0 Å². The number of amides is 2. The minimum atomic E-state index is -0.111. The van der Waals surface area contributed by atoms with Gasteiger partial charge in [-0.05, 0) is 18.4 Å². The van der Waals surface area contributed by atoms with Crippen LogP contribution in [0.15, 0.2) is 12.3 Å². The number of anilines is 1. The van der Waals surface area contributed by atoms with Crippen molar-refractivity contribution in [1.29, 1.82) is 0 Å². The van der Waals surface area contributed by atoms with E-state index >= 15 is 0 Å². The zero-order valence-electron chi connectivity index (χ0n) is 12.3. The van der Waals surface area contributed by atoms with Gasteiger partial charge < -0.3 is 4.90 Å². The van der Waals surface area contributed by atoms with Crippen LogP contribution in [-0.4, -0.2) is 28.2 Å². The van der Waals surface area contributed by atoms with Crippen LogP contribution in [0, 0.1) is 5.92 Å². The van der Waals surface area contributed by atoms with Crippen LogP contribution in [0.4, 0.5) is 10.6 Å². The predicted molar refractivity (Wildman–Crippen MR) is 77.7 cm³/mol. The summed E-state index contributed by atoms with van der Waals surface area (Å²) in [5.74, 6) is 1.20. The topological polar surface area (TPSA) is 62.3 Å². The van der Waals surface area contributed by atoms with Gasteiger partial charge in [0, 0.05) is 30.3 Å². The van der Waals surface area contributed by atoms with Crippen molar-refractivity contribution in [3.05, 3.63) is 23.4 Å². The minimum absolute atomic E-state index is 0.0749. The smallest absolute Gasteiger partial charge is 0.320 e. The van der Waals surface area contributed by atoms with E-state index in [1.807, 2.05) is 13.0 Å². The molecule has 1 aromatic rings. The van der Waals surface area contributed by atoms with Gasteiger partial charge in [0.25, 0.3) is 0 Å². The lowest BCUT2D eigenvalue weighted by Gasteiger charge is -2.29. The molecule has 0 aromatic carbocycles. The highest BCUT2D eigenvalue weighted by Gasteiger charge is 2.24. The van der Waals surface area contributed by atoms with E-state index in [0.717, 1.165) is 18.5 Å². The SMILES string of the molecule is CCC(=O)c1cnc2c(c1)CN(CCC(C)C)C(=O)N2. The van der Waals surface area contributed by atoms with Crippen LogP contribution in [-0.2, 0) is 6.54 Å². The first kappa shape index (κ1) is 14.5. The molecule has 2 heterocycles. The normalized spacial score (nSPS) is 14.2. The fourth-order valence-electron chi connectivity index (χ4n) is 2.15. The number of ketones is 1. The lowest BCUT2D eigenvalue weighted by Crippen LogP contribution is -2.40. The van der Waals surface area contributed by atoms with E-state index in [2.05, 4.69) is 24.1 Å². The van der Waals surface area contributed by atoms with Crippen LogP contribution in [0.5, 0.6) is 0 Å². The molecule has 0 aliphatic carbocycles. The van der Waals surface area contributed by atoms with Gasteiger partial charge >= 0.3 is 6.03 Å². The first-order valence-corrected chi connectivity index (χ1v) is 7.09. The predicted octanol–water partition coefficient (Wildman–Crippen LogP) is 3.07. The fraction of sp³-hybridized carbons (Fsp3) is 0.533. The van der Waals surface area contributed by atoms with Crippen LogP contribution < -0.4 is 5.32 Å². The van der Waals surface area contributed by atoms with Gasteiger partial charge in [-0.3, -0.25) is 10.1 Å². The maximum Gasteiger partial charge on any atom is 0.323 e. The number of hydrogen-bond acceptors (Lipinski definition) is 3. The summed E-state index contributed by atoms with van der Waals surface area (Å²) in [5, 5.41) is 2.78. The van der Waals surface area contributed by atoms with Gasteiger partial charge in [0.2, 0.25) is 0 Å². The molecule has 0 fully saturated rings. The Hall–Kier alpha value is -1.91. The molecule has 1 aliphatic heterocycles. The Morgan fingerprint density at radius 2 is 2.25 bits per heavy atom. The molecular weight excluding hydrogens is 254 g/mol. The summed E-state index contributed by atoms with van der Waals surface area (Å²) in [6, 6.07) is 1.73. The van der Waals surface area contributed by atoms with Gasteiger partial charge in [-0.2, -0.15) is 0 Å². The monoisotopic (exact) mass is 275 g/mol. The van der Waals surface area contributed by atoms with E-state index in [4.69, 9.17) is 0 Å². The molecule has 5 nitrogen and oxygen atoms in total. The molecule has 0 unspecified atom stereocenters. The number of urea groups is 1. The molecule has 0 saturated heterocycles. The Labute approximate surface area is 119 Å². The van der Waals surface area contributed by atoms with Gasteiger partial charge in [0.15, 0.2) is 5.78 Å². The van der Waals surface area contributed by atoms with Gasteiger partial charge in [0.05, 0.1) is 6.54 Å². The standard InChI is InChI=1S/C15H21N3O2/c1-4-13(19)11-7-12-9-18(6-5-10(2)3)15(20)17-14(12)16-8-11/h7-8,10H,4-6,9H2,1-3H3,(H,16,17,20). The average Bonchev–Trinajstić information content (AvgIpc) is 2.43. The summed E-state index contributed by atoms with van der Waals surface area (Å²) in [4.78, 5) is 29.6. The Bertz CT molecular complexity index is 526. The van der Waals surface area contributed by atoms with Crippen LogP contribution in [0.1, 0.15) is 49.5 Å². The van der Waals surface area contributed by atoms with Crippen molar-refractivity contribution in [3.8, 4) is 0 Å². The quantitative estimate of drug-likeness (QED) is 0.840. The molecule has 1 N–H and O–H groups in total. The highest BCUT2D eigenvalue weighted by atomic mass is 16.2. The van der Waals surface area contributed by atoms with Crippen molar-refractivity contribution in [2.24, 2.45) is 5.92 Å². The fourth-order valence-corrected chi connectivity index (χ4v) is 2.15. The molecule has 0 atom stereocenters. The number of pyridine rings is 1.